The fraction of sp³-hybridized carbons (Fsp3) is 0.889. The van der Waals surface area contributed by atoms with Crippen molar-refractivity contribution < 1.29 is 19.1 Å². The summed E-state index contributed by atoms with van der Waals surface area (Å²) in [5.74, 6) is -0.615. The summed E-state index contributed by atoms with van der Waals surface area (Å²) in [4.78, 5) is 26.5. The standard InChI is InChI=1S/C18H35NO4/c1-5-9-11-19(12-10-6-2)16(18(21)23-14-8-4)15-17(20)22-13-7-3/h16H,5-15H2,1-4H3. The highest BCUT2D eigenvalue weighted by molar-refractivity contribution is 5.82. The lowest BCUT2D eigenvalue weighted by Gasteiger charge is -2.29. The number of rotatable bonds is 14. The third kappa shape index (κ3) is 10.3. The SMILES string of the molecule is CCCCN(CCCC)C(CC(=O)OCCC)C(=O)OCCC. The molecular formula is C18H35NO4. The second-order valence-corrected chi connectivity index (χ2v) is 5.85. The molecule has 0 aromatic rings. The minimum absolute atomic E-state index is 0.0793. The Kier molecular flexibility index (Phi) is 13.8. The van der Waals surface area contributed by atoms with Gasteiger partial charge in [0.2, 0.25) is 0 Å². The lowest BCUT2D eigenvalue weighted by molar-refractivity contribution is -0.157. The summed E-state index contributed by atoms with van der Waals surface area (Å²) in [6.07, 6.45) is 5.76. The Morgan fingerprint density at radius 3 is 1.83 bits per heavy atom. The summed E-state index contributed by atoms with van der Waals surface area (Å²) in [5.41, 5.74) is 0. The normalized spacial score (nSPS) is 12.2. The predicted octanol–water partition coefficient (Wildman–Crippen LogP) is 3.55. The topological polar surface area (TPSA) is 55.8 Å². The first kappa shape index (κ1) is 21.9. The smallest absolute Gasteiger partial charge is 0.323 e. The number of carbonyl (C=O) groups excluding carboxylic acids is 2. The fourth-order valence-electron chi connectivity index (χ4n) is 2.24. The van der Waals surface area contributed by atoms with E-state index in [4.69, 9.17) is 9.47 Å². The molecule has 0 fully saturated rings. The lowest BCUT2D eigenvalue weighted by atomic mass is 10.1. The van der Waals surface area contributed by atoms with Gasteiger partial charge in [0, 0.05) is 0 Å². The summed E-state index contributed by atoms with van der Waals surface area (Å²) in [7, 11) is 0. The highest BCUT2D eigenvalue weighted by Crippen LogP contribution is 2.12. The minimum atomic E-state index is -0.524. The number of ether oxygens (including phenoxy) is 2. The largest absolute Gasteiger partial charge is 0.466 e. The number of nitrogens with zero attached hydrogens (tertiary/aromatic N) is 1. The van der Waals surface area contributed by atoms with E-state index in [2.05, 4.69) is 18.7 Å². The van der Waals surface area contributed by atoms with Gasteiger partial charge in [0.1, 0.15) is 6.04 Å². The molecule has 1 unspecified atom stereocenters. The van der Waals surface area contributed by atoms with E-state index in [1.807, 2.05) is 13.8 Å². The number of esters is 2. The summed E-state index contributed by atoms with van der Waals surface area (Å²) in [6, 6.07) is -0.524. The Bertz CT molecular complexity index is 312. The molecule has 0 N–H and O–H groups in total. The van der Waals surface area contributed by atoms with Crippen LogP contribution in [0.1, 0.15) is 72.6 Å². The van der Waals surface area contributed by atoms with E-state index in [1.54, 1.807) is 0 Å². The maximum atomic E-state index is 12.4. The molecule has 0 aliphatic rings. The molecule has 5 nitrogen and oxygen atoms in total. The van der Waals surface area contributed by atoms with E-state index in [9.17, 15) is 9.59 Å². The second kappa shape index (κ2) is 14.5. The molecule has 0 bridgehead atoms. The van der Waals surface area contributed by atoms with Gasteiger partial charge in [-0.3, -0.25) is 14.5 Å². The number of hydrogen-bond donors (Lipinski definition) is 0. The highest BCUT2D eigenvalue weighted by atomic mass is 16.5. The van der Waals surface area contributed by atoms with Crippen molar-refractivity contribution in [3.05, 3.63) is 0 Å². The van der Waals surface area contributed by atoms with Crippen molar-refractivity contribution in [3.8, 4) is 0 Å². The van der Waals surface area contributed by atoms with Crippen molar-refractivity contribution in [3.63, 3.8) is 0 Å². The maximum absolute atomic E-state index is 12.4. The van der Waals surface area contributed by atoms with Crippen LogP contribution in [0.3, 0.4) is 0 Å². The number of carbonyl (C=O) groups is 2. The average molecular weight is 329 g/mol. The second-order valence-electron chi connectivity index (χ2n) is 5.85. The minimum Gasteiger partial charge on any atom is -0.466 e. The summed E-state index contributed by atoms with van der Waals surface area (Å²) < 4.78 is 10.5. The van der Waals surface area contributed by atoms with Gasteiger partial charge in [0.25, 0.3) is 0 Å². The number of hydrogen-bond acceptors (Lipinski definition) is 5. The van der Waals surface area contributed by atoms with Crippen LogP contribution in [0.15, 0.2) is 0 Å². The van der Waals surface area contributed by atoms with E-state index in [0.29, 0.717) is 13.2 Å². The monoisotopic (exact) mass is 329 g/mol. The van der Waals surface area contributed by atoms with E-state index >= 15 is 0 Å². The van der Waals surface area contributed by atoms with Gasteiger partial charge >= 0.3 is 11.9 Å². The zero-order valence-electron chi connectivity index (χ0n) is 15.4. The lowest BCUT2D eigenvalue weighted by Crippen LogP contribution is -2.45. The molecule has 0 radical (unpaired) electrons. The molecule has 0 aromatic heterocycles. The van der Waals surface area contributed by atoms with Crippen molar-refractivity contribution in [1.29, 1.82) is 0 Å². The molecular weight excluding hydrogens is 294 g/mol. The summed E-state index contributed by atoms with van der Waals surface area (Å²) in [5, 5.41) is 0. The Morgan fingerprint density at radius 1 is 0.826 bits per heavy atom. The van der Waals surface area contributed by atoms with Crippen molar-refractivity contribution in [1.82, 2.24) is 4.90 Å². The molecule has 0 spiro atoms. The van der Waals surface area contributed by atoms with E-state index in [1.165, 1.54) is 0 Å². The molecule has 0 heterocycles. The first-order valence-electron chi connectivity index (χ1n) is 9.16. The van der Waals surface area contributed by atoms with E-state index < -0.39 is 6.04 Å². The van der Waals surface area contributed by atoms with Crippen LogP contribution < -0.4 is 0 Å². The van der Waals surface area contributed by atoms with E-state index in [-0.39, 0.29) is 18.4 Å². The molecule has 23 heavy (non-hydrogen) atoms. The van der Waals surface area contributed by atoms with Crippen LogP contribution in [-0.4, -0.2) is 49.2 Å². The van der Waals surface area contributed by atoms with Crippen LogP contribution in [0.4, 0.5) is 0 Å². The average Bonchev–Trinajstić information content (AvgIpc) is 2.56. The van der Waals surface area contributed by atoms with Crippen LogP contribution >= 0.6 is 0 Å². The molecule has 5 heteroatoms. The first-order valence-corrected chi connectivity index (χ1v) is 9.16. The van der Waals surface area contributed by atoms with Gasteiger partial charge in [-0.25, -0.2) is 0 Å². The van der Waals surface area contributed by atoms with Crippen LogP contribution in [0.2, 0.25) is 0 Å². The Morgan fingerprint density at radius 2 is 1.35 bits per heavy atom. The van der Waals surface area contributed by atoms with Gasteiger partial charge in [-0.1, -0.05) is 40.5 Å². The predicted molar refractivity (Wildman–Crippen MR) is 92.3 cm³/mol. The van der Waals surface area contributed by atoms with Crippen molar-refractivity contribution in [2.24, 2.45) is 0 Å². The van der Waals surface area contributed by atoms with Crippen molar-refractivity contribution in [2.75, 3.05) is 26.3 Å². The Balaban J connectivity index is 4.91. The highest BCUT2D eigenvalue weighted by Gasteiger charge is 2.29. The molecule has 1 atom stereocenters. The van der Waals surface area contributed by atoms with E-state index in [0.717, 1.165) is 51.6 Å². The molecule has 0 amide bonds. The molecule has 0 aromatic carbocycles. The maximum Gasteiger partial charge on any atom is 0.323 e. The third-order valence-corrected chi connectivity index (χ3v) is 3.59. The summed E-state index contributed by atoms with van der Waals surface area (Å²) >= 11 is 0. The van der Waals surface area contributed by atoms with Gasteiger partial charge < -0.3 is 9.47 Å². The molecule has 0 aliphatic heterocycles. The van der Waals surface area contributed by atoms with Gasteiger partial charge in [0.05, 0.1) is 19.6 Å². The Labute approximate surface area is 141 Å². The molecule has 0 saturated carbocycles. The zero-order valence-corrected chi connectivity index (χ0v) is 15.4. The summed E-state index contributed by atoms with van der Waals surface area (Å²) in [6.45, 7) is 10.6. The fourth-order valence-corrected chi connectivity index (χ4v) is 2.24. The van der Waals surface area contributed by atoms with Crippen molar-refractivity contribution in [2.45, 2.75) is 78.7 Å². The molecule has 0 aliphatic carbocycles. The van der Waals surface area contributed by atoms with Crippen LogP contribution in [-0.2, 0) is 19.1 Å². The molecule has 136 valence electrons. The zero-order chi connectivity index (χ0) is 17.5. The van der Waals surface area contributed by atoms with Crippen LogP contribution in [0, 0.1) is 0 Å². The Hall–Kier alpha value is -1.10. The van der Waals surface area contributed by atoms with Crippen molar-refractivity contribution >= 4 is 11.9 Å². The number of unbranched alkanes of at least 4 members (excludes halogenated alkanes) is 2. The van der Waals surface area contributed by atoms with Crippen LogP contribution in [0.5, 0.6) is 0 Å². The van der Waals surface area contributed by atoms with Gasteiger partial charge in [-0.05, 0) is 38.8 Å². The third-order valence-electron chi connectivity index (χ3n) is 3.59. The molecule has 0 rings (SSSR count). The van der Waals surface area contributed by atoms with Crippen LogP contribution in [0.25, 0.3) is 0 Å². The molecule has 0 saturated heterocycles. The first-order chi connectivity index (χ1) is 11.1. The van der Waals surface area contributed by atoms with Gasteiger partial charge in [-0.15, -0.1) is 0 Å². The quantitative estimate of drug-likeness (QED) is 0.456. The van der Waals surface area contributed by atoms with Gasteiger partial charge in [-0.2, -0.15) is 0 Å². The van der Waals surface area contributed by atoms with Gasteiger partial charge in [0.15, 0.2) is 0 Å².